The van der Waals surface area contributed by atoms with Crippen molar-refractivity contribution >= 4 is 22.6 Å². The van der Waals surface area contributed by atoms with Gasteiger partial charge in [0.2, 0.25) is 0 Å². The summed E-state index contributed by atoms with van der Waals surface area (Å²) in [5, 5.41) is 14.3. The number of fused-ring (bicyclic) bond motifs is 2. The number of methoxy groups -OCH3 is 2. The van der Waals surface area contributed by atoms with Crippen LogP contribution < -0.4 is 14.9 Å². The number of rotatable bonds is 4. The Labute approximate surface area is 171 Å². The summed E-state index contributed by atoms with van der Waals surface area (Å²) in [6.07, 6.45) is 3.33. The first-order valence-corrected chi connectivity index (χ1v) is 9.45. The Balaban J connectivity index is 1.64. The first-order valence-electron chi connectivity index (χ1n) is 9.45. The Kier molecular flexibility index (Phi) is 4.31. The van der Waals surface area contributed by atoms with E-state index in [0.717, 1.165) is 16.7 Å². The summed E-state index contributed by atoms with van der Waals surface area (Å²) in [7, 11) is 3.21. The molecule has 2 aromatic carbocycles. The lowest BCUT2D eigenvalue weighted by Gasteiger charge is -2.11. The van der Waals surface area contributed by atoms with Crippen molar-refractivity contribution in [3.8, 4) is 22.9 Å². The highest BCUT2D eigenvalue weighted by Gasteiger charge is 2.25. The maximum Gasteiger partial charge on any atom is 0.196 e. The molecule has 0 saturated heterocycles. The normalized spacial score (nSPS) is 14.3. The monoisotopic (exact) mass is 402 g/mol. The highest BCUT2D eigenvalue weighted by atomic mass is 16.5. The van der Waals surface area contributed by atoms with Gasteiger partial charge < -0.3 is 13.9 Å². The third kappa shape index (κ3) is 2.85. The van der Waals surface area contributed by atoms with Gasteiger partial charge in [-0.05, 0) is 59.2 Å². The molecular formula is C22H18N4O4. The van der Waals surface area contributed by atoms with Crippen LogP contribution in [0.1, 0.15) is 23.3 Å². The summed E-state index contributed by atoms with van der Waals surface area (Å²) in [4.78, 5) is 13.2. The lowest BCUT2D eigenvalue weighted by molar-refractivity contribution is 0.354. The molecule has 0 aliphatic heterocycles. The van der Waals surface area contributed by atoms with Crippen molar-refractivity contribution < 1.29 is 13.9 Å². The van der Waals surface area contributed by atoms with Crippen molar-refractivity contribution in [2.45, 2.75) is 12.8 Å². The average molecular weight is 402 g/mol. The Morgan fingerprint density at radius 1 is 1.13 bits per heavy atom. The molecule has 4 aromatic rings. The largest absolute Gasteiger partial charge is 0.493 e. The molecule has 0 amide bonds. The summed E-state index contributed by atoms with van der Waals surface area (Å²) in [6.45, 7) is 0. The fourth-order valence-corrected chi connectivity index (χ4v) is 3.87. The second-order valence-corrected chi connectivity index (χ2v) is 6.95. The number of nitrogens with one attached hydrogen (secondary N) is 1. The molecule has 150 valence electrons. The van der Waals surface area contributed by atoms with Gasteiger partial charge in [-0.1, -0.05) is 12.1 Å². The van der Waals surface area contributed by atoms with Crippen molar-refractivity contribution in [3.05, 3.63) is 63.5 Å². The number of ether oxygens (including phenoxy) is 2. The van der Waals surface area contributed by atoms with E-state index in [1.807, 2.05) is 30.3 Å². The van der Waals surface area contributed by atoms with Crippen molar-refractivity contribution in [1.29, 1.82) is 0 Å². The maximum atomic E-state index is 13.2. The number of para-hydroxylation sites is 1. The number of hydrogen-bond acceptors (Lipinski definition) is 7. The Morgan fingerprint density at radius 3 is 2.80 bits per heavy atom. The topological polar surface area (TPSA) is 103 Å². The summed E-state index contributed by atoms with van der Waals surface area (Å²) in [5.41, 5.74) is 3.75. The fourth-order valence-electron chi connectivity index (χ4n) is 3.87. The third-order valence-corrected chi connectivity index (χ3v) is 5.30. The van der Waals surface area contributed by atoms with Gasteiger partial charge in [-0.3, -0.25) is 4.79 Å². The van der Waals surface area contributed by atoms with Gasteiger partial charge in [0.25, 0.3) is 0 Å². The van der Waals surface area contributed by atoms with Gasteiger partial charge in [0.05, 0.1) is 19.6 Å². The molecule has 1 aliphatic rings. The third-order valence-electron chi connectivity index (χ3n) is 5.30. The van der Waals surface area contributed by atoms with Crippen LogP contribution in [0.15, 0.2) is 45.6 Å². The molecule has 2 heterocycles. The maximum absolute atomic E-state index is 13.2. The Hall–Kier alpha value is -3.94. The molecule has 0 unspecified atom stereocenters. The minimum atomic E-state index is -0.0263. The van der Waals surface area contributed by atoms with Crippen LogP contribution in [0.4, 0.5) is 0 Å². The summed E-state index contributed by atoms with van der Waals surface area (Å²) in [6, 6.07) is 11.1. The van der Waals surface area contributed by atoms with Gasteiger partial charge in [-0.25, -0.2) is 5.10 Å². The number of allylic oxidation sites excluding steroid dienone is 1. The molecule has 0 atom stereocenters. The van der Waals surface area contributed by atoms with Crippen LogP contribution in [0.25, 0.3) is 34.0 Å². The number of hydrogen-bond donors (Lipinski definition) is 1. The highest BCUT2D eigenvalue weighted by molar-refractivity contribution is 5.89. The number of nitrogens with zero attached hydrogens (tertiary/aromatic N) is 3. The molecule has 0 fully saturated rings. The zero-order chi connectivity index (χ0) is 20.7. The molecule has 0 bridgehead atoms. The zero-order valence-corrected chi connectivity index (χ0v) is 16.4. The van der Waals surface area contributed by atoms with Crippen molar-refractivity contribution in [3.63, 3.8) is 0 Å². The lowest BCUT2D eigenvalue weighted by atomic mass is 10.1. The molecule has 0 radical (unpaired) electrons. The van der Waals surface area contributed by atoms with Gasteiger partial charge in [0.1, 0.15) is 11.3 Å². The molecular weight excluding hydrogens is 384 g/mol. The minimum Gasteiger partial charge on any atom is -0.493 e. The fraction of sp³-hybridized carbons (Fsp3) is 0.182. The second-order valence-electron chi connectivity index (χ2n) is 6.95. The van der Waals surface area contributed by atoms with Crippen LogP contribution in [0.2, 0.25) is 0 Å². The van der Waals surface area contributed by atoms with Gasteiger partial charge in [-0.2, -0.15) is 0 Å². The quantitative estimate of drug-likeness (QED) is 0.557. The predicted molar refractivity (Wildman–Crippen MR) is 111 cm³/mol. The smallest absolute Gasteiger partial charge is 0.196 e. The van der Waals surface area contributed by atoms with E-state index in [1.165, 1.54) is 0 Å². The number of H-pyrrole nitrogens is 1. The standard InChI is InChI=1S/C22H18N4O4/c1-28-18-5-3-4-12(21(18)29-2)10-13-6-8-15-19(27)16-11-14(22-23-25-26-24-22)7-9-17(16)30-20(13)15/h3-5,7,9-11H,6,8H2,1-2H3,(H,23,24,25,26)/b13-10-. The van der Waals surface area contributed by atoms with Gasteiger partial charge >= 0.3 is 0 Å². The van der Waals surface area contributed by atoms with Crippen molar-refractivity contribution in [2.24, 2.45) is 0 Å². The first-order chi connectivity index (χ1) is 14.7. The second kappa shape index (κ2) is 7.14. The SMILES string of the molecule is COc1cccc(/C=C2/CCc3c2oc2ccc(-c4nnn[nH]4)cc2c3=O)c1OC. The van der Waals surface area contributed by atoms with E-state index in [2.05, 4.69) is 20.6 Å². The van der Waals surface area contributed by atoms with E-state index in [-0.39, 0.29) is 5.43 Å². The molecule has 8 nitrogen and oxygen atoms in total. The summed E-state index contributed by atoms with van der Waals surface area (Å²) >= 11 is 0. The first kappa shape index (κ1) is 18.1. The lowest BCUT2D eigenvalue weighted by Crippen LogP contribution is -2.08. The minimum absolute atomic E-state index is 0.0263. The van der Waals surface area contributed by atoms with Crippen LogP contribution in [-0.2, 0) is 6.42 Å². The van der Waals surface area contributed by atoms with Crippen molar-refractivity contribution in [2.75, 3.05) is 14.2 Å². The predicted octanol–water partition coefficient (Wildman–Crippen LogP) is 3.48. The van der Waals surface area contributed by atoms with Crippen molar-refractivity contribution in [1.82, 2.24) is 20.6 Å². The molecule has 2 aromatic heterocycles. The molecule has 1 aliphatic carbocycles. The molecule has 0 saturated carbocycles. The molecule has 1 N–H and O–H groups in total. The summed E-state index contributed by atoms with van der Waals surface area (Å²) < 4.78 is 17.1. The number of benzene rings is 2. The van der Waals surface area contributed by atoms with E-state index < -0.39 is 0 Å². The van der Waals surface area contributed by atoms with Gasteiger partial charge in [0, 0.05) is 16.7 Å². The number of aromatic nitrogens is 4. The van der Waals surface area contributed by atoms with Gasteiger partial charge in [0.15, 0.2) is 22.8 Å². The van der Waals surface area contributed by atoms with E-state index in [9.17, 15) is 4.79 Å². The van der Waals surface area contributed by atoms with Crippen LogP contribution in [0.3, 0.4) is 0 Å². The molecule has 8 heteroatoms. The van der Waals surface area contributed by atoms with Crippen LogP contribution in [0.5, 0.6) is 11.5 Å². The average Bonchev–Trinajstić information content (AvgIpc) is 3.44. The molecule has 5 rings (SSSR count). The van der Waals surface area contributed by atoms with Gasteiger partial charge in [-0.15, -0.1) is 5.10 Å². The number of tetrazole rings is 1. The van der Waals surface area contributed by atoms with E-state index >= 15 is 0 Å². The summed E-state index contributed by atoms with van der Waals surface area (Å²) in [5.74, 6) is 2.43. The van der Waals surface area contributed by atoms with E-state index in [1.54, 1.807) is 26.4 Å². The highest BCUT2D eigenvalue weighted by Crippen LogP contribution is 2.38. The Bertz CT molecular complexity index is 1340. The van der Waals surface area contributed by atoms with Crippen LogP contribution in [0, 0.1) is 0 Å². The van der Waals surface area contributed by atoms with E-state index in [0.29, 0.717) is 52.5 Å². The van der Waals surface area contributed by atoms with Crippen LogP contribution >= 0.6 is 0 Å². The van der Waals surface area contributed by atoms with E-state index in [4.69, 9.17) is 13.9 Å². The zero-order valence-electron chi connectivity index (χ0n) is 16.4. The Morgan fingerprint density at radius 2 is 2.03 bits per heavy atom. The molecule has 30 heavy (non-hydrogen) atoms. The van der Waals surface area contributed by atoms with Crippen LogP contribution in [-0.4, -0.2) is 34.8 Å². The molecule has 0 spiro atoms. The number of aromatic amines is 1.